The van der Waals surface area contributed by atoms with Crippen LogP contribution in [0.2, 0.25) is 0 Å². The van der Waals surface area contributed by atoms with Gasteiger partial charge in [0.05, 0.1) is 0 Å². The number of hydrogen-bond donors (Lipinski definition) is 0. The Kier molecular flexibility index (Phi) is 4.22. The predicted molar refractivity (Wildman–Crippen MR) is 79.3 cm³/mol. The van der Waals surface area contributed by atoms with Crippen LogP contribution < -0.4 is 4.74 Å². The molecule has 0 fully saturated rings. The molecule has 4 heteroatoms. The molecule has 2 aromatic carbocycles. The smallest absolute Gasteiger partial charge is 0.410 e. The summed E-state index contributed by atoms with van der Waals surface area (Å²) >= 11 is 3.51. The Balaban J connectivity index is 2.25. The van der Waals surface area contributed by atoms with E-state index in [0.29, 0.717) is 5.75 Å². The Morgan fingerprint density at radius 2 is 1.79 bits per heavy atom. The van der Waals surface area contributed by atoms with Gasteiger partial charge in [0, 0.05) is 18.6 Å². The van der Waals surface area contributed by atoms with Crippen molar-refractivity contribution in [3.8, 4) is 16.9 Å². The number of hydrogen-bond acceptors (Lipinski definition) is 2. The summed E-state index contributed by atoms with van der Waals surface area (Å²) in [6.45, 7) is 0. The summed E-state index contributed by atoms with van der Waals surface area (Å²) in [5.41, 5.74) is 2.17. The van der Waals surface area contributed by atoms with E-state index in [1.807, 2.05) is 36.4 Å². The predicted octanol–water partition coefficient (Wildman–Crippen LogP) is 4.18. The van der Waals surface area contributed by atoms with Crippen LogP contribution >= 0.6 is 15.9 Å². The SMILES string of the molecule is CN(C)C(=O)Oc1ccc(-c2ccccc2)c(Br)c1. The molecule has 0 unspecified atom stereocenters. The van der Waals surface area contributed by atoms with Crippen LogP contribution in [0.4, 0.5) is 4.79 Å². The highest BCUT2D eigenvalue weighted by Gasteiger charge is 2.09. The van der Waals surface area contributed by atoms with E-state index in [2.05, 4.69) is 15.9 Å². The van der Waals surface area contributed by atoms with Gasteiger partial charge in [-0.15, -0.1) is 0 Å². The van der Waals surface area contributed by atoms with Crippen molar-refractivity contribution in [1.29, 1.82) is 0 Å². The maximum Gasteiger partial charge on any atom is 0.414 e. The topological polar surface area (TPSA) is 29.5 Å². The van der Waals surface area contributed by atoms with E-state index in [1.165, 1.54) is 4.90 Å². The number of ether oxygens (including phenoxy) is 1. The molecule has 0 aliphatic rings. The van der Waals surface area contributed by atoms with Gasteiger partial charge in [-0.25, -0.2) is 4.79 Å². The van der Waals surface area contributed by atoms with E-state index in [9.17, 15) is 4.79 Å². The zero-order chi connectivity index (χ0) is 13.8. The van der Waals surface area contributed by atoms with Crippen molar-refractivity contribution in [1.82, 2.24) is 4.90 Å². The standard InChI is InChI=1S/C15H14BrNO2/c1-17(2)15(18)19-12-8-9-13(14(16)10-12)11-6-4-3-5-7-11/h3-10H,1-2H3. The maximum absolute atomic E-state index is 11.5. The first-order valence-corrected chi connectivity index (χ1v) is 6.61. The third kappa shape index (κ3) is 3.35. The van der Waals surface area contributed by atoms with E-state index in [4.69, 9.17) is 4.74 Å². The Labute approximate surface area is 120 Å². The lowest BCUT2D eigenvalue weighted by atomic mass is 10.1. The van der Waals surface area contributed by atoms with Gasteiger partial charge in [-0.3, -0.25) is 0 Å². The lowest BCUT2D eigenvalue weighted by Gasteiger charge is -2.12. The first kappa shape index (κ1) is 13.6. The fraction of sp³-hybridized carbons (Fsp3) is 0.133. The van der Waals surface area contributed by atoms with Crippen molar-refractivity contribution in [3.63, 3.8) is 0 Å². The lowest BCUT2D eigenvalue weighted by molar-refractivity contribution is 0.172. The Hall–Kier alpha value is -1.81. The summed E-state index contributed by atoms with van der Waals surface area (Å²) in [6, 6.07) is 15.5. The van der Waals surface area contributed by atoms with Crippen LogP contribution in [0.3, 0.4) is 0 Å². The lowest BCUT2D eigenvalue weighted by Crippen LogP contribution is -2.25. The third-order valence-electron chi connectivity index (χ3n) is 2.60. The molecule has 0 spiro atoms. The minimum Gasteiger partial charge on any atom is -0.410 e. The molecule has 0 saturated carbocycles. The molecule has 98 valence electrons. The normalized spacial score (nSPS) is 10.1. The fourth-order valence-corrected chi connectivity index (χ4v) is 2.19. The second-order valence-electron chi connectivity index (χ2n) is 4.27. The molecule has 0 aromatic heterocycles. The molecule has 0 N–H and O–H groups in total. The van der Waals surface area contributed by atoms with Crippen LogP contribution in [0.25, 0.3) is 11.1 Å². The monoisotopic (exact) mass is 319 g/mol. The van der Waals surface area contributed by atoms with E-state index in [1.54, 1.807) is 26.2 Å². The minimum atomic E-state index is -0.389. The number of amides is 1. The molecule has 3 nitrogen and oxygen atoms in total. The van der Waals surface area contributed by atoms with Crippen molar-refractivity contribution in [2.45, 2.75) is 0 Å². The highest BCUT2D eigenvalue weighted by molar-refractivity contribution is 9.10. The molecule has 19 heavy (non-hydrogen) atoms. The van der Waals surface area contributed by atoms with Crippen molar-refractivity contribution >= 4 is 22.0 Å². The number of halogens is 1. The number of carbonyl (C=O) groups excluding carboxylic acids is 1. The van der Waals surface area contributed by atoms with Gasteiger partial charge in [-0.2, -0.15) is 0 Å². The van der Waals surface area contributed by atoms with E-state index in [-0.39, 0.29) is 6.09 Å². The number of benzene rings is 2. The summed E-state index contributed by atoms with van der Waals surface area (Å²) < 4.78 is 6.10. The summed E-state index contributed by atoms with van der Waals surface area (Å²) in [5, 5.41) is 0. The molecule has 0 aliphatic carbocycles. The second kappa shape index (κ2) is 5.89. The van der Waals surface area contributed by atoms with Crippen molar-refractivity contribution in [2.75, 3.05) is 14.1 Å². The zero-order valence-corrected chi connectivity index (χ0v) is 12.3. The van der Waals surface area contributed by atoms with Crippen LogP contribution in [0.15, 0.2) is 53.0 Å². The first-order chi connectivity index (χ1) is 9.08. The van der Waals surface area contributed by atoms with Crippen molar-refractivity contribution in [2.24, 2.45) is 0 Å². The quantitative estimate of drug-likeness (QED) is 0.831. The Bertz CT molecular complexity index is 582. The first-order valence-electron chi connectivity index (χ1n) is 5.82. The van der Waals surface area contributed by atoms with Crippen LogP contribution in [0, 0.1) is 0 Å². The van der Waals surface area contributed by atoms with Gasteiger partial charge in [0.1, 0.15) is 5.75 Å². The van der Waals surface area contributed by atoms with Crippen molar-refractivity contribution < 1.29 is 9.53 Å². The van der Waals surface area contributed by atoms with E-state index < -0.39 is 0 Å². The van der Waals surface area contributed by atoms with Gasteiger partial charge in [-0.05, 0) is 29.3 Å². The molecule has 0 heterocycles. The molecule has 0 radical (unpaired) electrons. The summed E-state index contributed by atoms with van der Waals surface area (Å²) in [7, 11) is 3.30. The molecular weight excluding hydrogens is 306 g/mol. The van der Waals surface area contributed by atoms with Crippen molar-refractivity contribution in [3.05, 3.63) is 53.0 Å². The van der Waals surface area contributed by atoms with Crippen LogP contribution in [0.5, 0.6) is 5.75 Å². The zero-order valence-electron chi connectivity index (χ0n) is 10.8. The summed E-state index contributed by atoms with van der Waals surface area (Å²) in [5.74, 6) is 0.519. The Morgan fingerprint density at radius 1 is 1.11 bits per heavy atom. The number of carbonyl (C=O) groups is 1. The highest BCUT2D eigenvalue weighted by Crippen LogP contribution is 2.31. The van der Waals surface area contributed by atoms with Crippen LogP contribution in [-0.4, -0.2) is 25.1 Å². The highest BCUT2D eigenvalue weighted by atomic mass is 79.9. The molecule has 0 aliphatic heterocycles. The van der Waals surface area contributed by atoms with E-state index >= 15 is 0 Å². The molecule has 2 rings (SSSR count). The number of nitrogens with zero attached hydrogens (tertiary/aromatic N) is 1. The third-order valence-corrected chi connectivity index (χ3v) is 3.25. The van der Waals surface area contributed by atoms with Crippen LogP contribution in [-0.2, 0) is 0 Å². The summed E-state index contributed by atoms with van der Waals surface area (Å²) in [6.07, 6.45) is -0.389. The van der Waals surface area contributed by atoms with Gasteiger partial charge < -0.3 is 9.64 Å². The molecule has 0 atom stereocenters. The van der Waals surface area contributed by atoms with Gasteiger partial charge in [0.25, 0.3) is 0 Å². The van der Waals surface area contributed by atoms with E-state index in [0.717, 1.165) is 15.6 Å². The molecule has 0 bridgehead atoms. The average molecular weight is 320 g/mol. The fourth-order valence-electron chi connectivity index (χ4n) is 1.60. The van der Waals surface area contributed by atoms with Crippen LogP contribution in [0.1, 0.15) is 0 Å². The molecule has 1 amide bonds. The second-order valence-corrected chi connectivity index (χ2v) is 5.12. The van der Waals surface area contributed by atoms with Gasteiger partial charge in [-0.1, -0.05) is 46.3 Å². The minimum absolute atomic E-state index is 0.389. The van der Waals surface area contributed by atoms with Gasteiger partial charge in [0.2, 0.25) is 0 Å². The number of rotatable bonds is 2. The van der Waals surface area contributed by atoms with Gasteiger partial charge in [0.15, 0.2) is 0 Å². The largest absolute Gasteiger partial charge is 0.414 e. The van der Waals surface area contributed by atoms with Gasteiger partial charge >= 0.3 is 6.09 Å². The molecule has 0 saturated heterocycles. The summed E-state index contributed by atoms with van der Waals surface area (Å²) in [4.78, 5) is 12.9. The molecule has 2 aromatic rings. The Morgan fingerprint density at radius 3 is 2.37 bits per heavy atom. The molecular formula is C15H14BrNO2. The maximum atomic E-state index is 11.5. The average Bonchev–Trinajstić information content (AvgIpc) is 2.39.